The Hall–Kier alpha value is -1.56. The van der Waals surface area contributed by atoms with Crippen LogP contribution >= 0.6 is 11.3 Å². The van der Waals surface area contributed by atoms with Crippen LogP contribution in [0.3, 0.4) is 0 Å². The molecule has 1 heterocycles. The van der Waals surface area contributed by atoms with E-state index in [2.05, 4.69) is 5.32 Å². The Kier molecular flexibility index (Phi) is 4.56. The Labute approximate surface area is 129 Å². The Bertz CT molecular complexity index is 503. The van der Waals surface area contributed by atoms with E-state index in [4.69, 9.17) is 0 Å². The van der Waals surface area contributed by atoms with E-state index in [1.54, 1.807) is 16.2 Å². The number of rotatable bonds is 5. The lowest BCUT2D eigenvalue weighted by atomic mass is 9.87. The van der Waals surface area contributed by atoms with Crippen molar-refractivity contribution in [2.24, 2.45) is 5.41 Å². The lowest BCUT2D eigenvalue weighted by Crippen LogP contribution is -2.53. The predicted octanol–water partition coefficient (Wildman–Crippen LogP) is 2.92. The highest BCUT2D eigenvalue weighted by molar-refractivity contribution is 7.09. The first-order valence-corrected chi connectivity index (χ1v) is 7.99. The zero-order valence-electron chi connectivity index (χ0n) is 12.6. The van der Waals surface area contributed by atoms with Crippen LogP contribution in [-0.2, 0) is 11.3 Å². The molecule has 116 valence electrons. The number of amides is 2. The molecule has 1 aliphatic carbocycles. The van der Waals surface area contributed by atoms with Gasteiger partial charge in [0.1, 0.15) is 6.04 Å². The van der Waals surface area contributed by atoms with Crippen LogP contribution in [0.4, 0.5) is 4.79 Å². The van der Waals surface area contributed by atoms with Crippen molar-refractivity contribution in [3.63, 3.8) is 0 Å². The van der Waals surface area contributed by atoms with Crippen molar-refractivity contribution >= 4 is 23.3 Å². The van der Waals surface area contributed by atoms with Crippen molar-refractivity contribution < 1.29 is 14.7 Å². The summed E-state index contributed by atoms with van der Waals surface area (Å²) >= 11 is 1.61. The minimum absolute atomic E-state index is 0.238. The summed E-state index contributed by atoms with van der Waals surface area (Å²) in [6.45, 7) is 5.98. The van der Waals surface area contributed by atoms with Crippen molar-refractivity contribution in [1.82, 2.24) is 10.2 Å². The third-order valence-corrected chi connectivity index (χ3v) is 4.40. The number of nitrogens with one attached hydrogen (secondary N) is 1. The van der Waals surface area contributed by atoms with Gasteiger partial charge in [-0.2, -0.15) is 0 Å². The molecule has 0 aliphatic heterocycles. The van der Waals surface area contributed by atoms with Crippen molar-refractivity contribution in [3.05, 3.63) is 22.4 Å². The minimum Gasteiger partial charge on any atom is -0.480 e. The second kappa shape index (κ2) is 6.05. The van der Waals surface area contributed by atoms with E-state index in [0.717, 1.165) is 17.7 Å². The number of carboxylic acid groups (broad SMARTS) is 1. The van der Waals surface area contributed by atoms with Gasteiger partial charge in [0.25, 0.3) is 0 Å². The average molecular weight is 310 g/mol. The lowest BCUT2D eigenvalue weighted by molar-refractivity contribution is -0.142. The van der Waals surface area contributed by atoms with Gasteiger partial charge in [0.2, 0.25) is 0 Å². The van der Waals surface area contributed by atoms with E-state index in [-0.39, 0.29) is 12.1 Å². The summed E-state index contributed by atoms with van der Waals surface area (Å²) < 4.78 is 0. The number of hydrogen-bond acceptors (Lipinski definition) is 3. The fourth-order valence-electron chi connectivity index (χ4n) is 2.18. The molecule has 1 fully saturated rings. The quantitative estimate of drug-likeness (QED) is 0.878. The fourth-order valence-corrected chi connectivity index (χ4v) is 2.88. The Balaban J connectivity index is 2.06. The van der Waals surface area contributed by atoms with Gasteiger partial charge in [-0.05, 0) is 29.7 Å². The Morgan fingerprint density at radius 1 is 1.48 bits per heavy atom. The summed E-state index contributed by atoms with van der Waals surface area (Å²) in [5.41, 5.74) is -0.528. The summed E-state index contributed by atoms with van der Waals surface area (Å²) in [6.07, 6.45) is 1.98. The molecule has 1 aromatic heterocycles. The molecular formula is C15H22N2O3S. The summed E-state index contributed by atoms with van der Waals surface area (Å²) in [7, 11) is 0. The molecule has 0 aromatic carbocycles. The first-order valence-electron chi connectivity index (χ1n) is 7.11. The van der Waals surface area contributed by atoms with Crippen molar-refractivity contribution in [2.75, 3.05) is 0 Å². The molecule has 0 spiro atoms. The highest BCUT2D eigenvalue weighted by atomic mass is 32.1. The van der Waals surface area contributed by atoms with Crippen molar-refractivity contribution in [3.8, 4) is 0 Å². The van der Waals surface area contributed by atoms with E-state index in [1.807, 2.05) is 38.3 Å². The molecule has 1 aliphatic rings. The Morgan fingerprint density at radius 3 is 2.57 bits per heavy atom. The molecule has 5 nitrogen and oxygen atoms in total. The molecule has 1 saturated carbocycles. The van der Waals surface area contributed by atoms with Gasteiger partial charge in [-0.15, -0.1) is 11.3 Å². The van der Waals surface area contributed by atoms with E-state index in [0.29, 0.717) is 6.54 Å². The standard InChI is InChI=1S/C15H22N2O3S/c1-15(2,3)12(13(18)19)16-14(20)17(10-6-7-10)9-11-5-4-8-21-11/h4-5,8,10,12H,6-7,9H2,1-3H3,(H,16,20)(H,18,19)/t12-/m0/s1. The molecular weight excluding hydrogens is 288 g/mol. The number of nitrogens with zero attached hydrogens (tertiary/aromatic N) is 1. The second-order valence-corrected chi connectivity index (χ2v) is 7.56. The zero-order valence-corrected chi connectivity index (χ0v) is 13.4. The lowest BCUT2D eigenvalue weighted by Gasteiger charge is -2.31. The summed E-state index contributed by atoms with van der Waals surface area (Å²) in [4.78, 5) is 26.7. The number of carboxylic acids is 1. The molecule has 0 unspecified atom stereocenters. The highest BCUT2D eigenvalue weighted by Gasteiger charge is 2.37. The van der Waals surface area contributed by atoms with Crippen LogP contribution in [0.25, 0.3) is 0 Å². The van der Waals surface area contributed by atoms with Crippen molar-refractivity contribution in [2.45, 2.75) is 52.2 Å². The predicted molar refractivity (Wildman–Crippen MR) is 82.3 cm³/mol. The van der Waals surface area contributed by atoms with Crippen molar-refractivity contribution in [1.29, 1.82) is 0 Å². The van der Waals surface area contributed by atoms with Crippen LogP contribution in [-0.4, -0.2) is 34.1 Å². The molecule has 6 heteroatoms. The molecule has 2 amide bonds. The minimum atomic E-state index is -0.997. The SMILES string of the molecule is CC(C)(C)[C@@H](NC(=O)N(Cc1cccs1)C1CC1)C(=O)O. The number of carbonyl (C=O) groups is 2. The maximum Gasteiger partial charge on any atom is 0.326 e. The topological polar surface area (TPSA) is 69.6 Å². The van der Waals surface area contributed by atoms with E-state index in [1.165, 1.54) is 0 Å². The number of thiophene rings is 1. The molecule has 0 bridgehead atoms. The monoisotopic (exact) mass is 310 g/mol. The van der Waals surface area contributed by atoms with Gasteiger partial charge in [0.15, 0.2) is 0 Å². The molecule has 1 aromatic rings. The Morgan fingerprint density at radius 2 is 2.14 bits per heavy atom. The number of carbonyl (C=O) groups excluding carboxylic acids is 1. The molecule has 21 heavy (non-hydrogen) atoms. The van der Waals surface area contributed by atoms with Gasteiger partial charge in [0.05, 0.1) is 6.54 Å². The van der Waals surface area contributed by atoms with Gasteiger partial charge in [0, 0.05) is 10.9 Å². The average Bonchev–Trinajstić information content (AvgIpc) is 3.08. The smallest absolute Gasteiger partial charge is 0.326 e. The number of urea groups is 1. The van der Waals surface area contributed by atoms with Gasteiger partial charge < -0.3 is 15.3 Å². The maximum atomic E-state index is 12.5. The summed E-state index contributed by atoms with van der Waals surface area (Å²) in [6, 6.07) is 3.01. The van der Waals surface area contributed by atoms with E-state index >= 15 is 0 Å². The number of aliphatic carboxylic acids is 1. The van der Waals surface area contributed by atoms with Crippen LogP contribution in [0.5, 0.6) is 0 Å². The van der Waals surface area contributed by atoms with Gasteiger partial charge in [-0.1, -0.05) is 26.8 Å². The molecule has 2 rings (SSSR count). The summed E-state index contributed by atoms with van der Waals surface area (Å²) in [5.74, 6) is -0.997. The van der Waals surface area contributed by atoms with E-state index in [9.17, 15) is 14.7 Å². The third-order valence-electron chi connectivity index (χ3n) is 3.54. The first-order chi connectivity index (χ1) is 9.79. The number of hydrogen-bond donors (Lipinski definition) is 2. The molecule has 1 atom stereocenters. The second-order valence-electron chi connectivity index (χ2n) is 6.53. The van der Waals surface area contributed by atoms with Gasteiger partial charge in [-0.3, -0.25) is 0 Å². The van der Waals surface area contributed by atoms with Gasteiger partial charge in [-0.25, -0.2) is 9.59 Å². The van der Waals surface area contributed by atoms with E-state index < -0.39 is 17.4 Å². The summed E-state index contributed by atoms with van der Waals surface area (Å²) in [5, 5.41) is 14.0. The van der Waals surface area contributed by atoms with Crippen LogP contribution in [0.15, 0.2) is 17.5 Å². The van der Waals surface area contributed by atoms with Crippen LogP contribution in [0.2, 0.25) is 0 Å². The third kappa shape index (κ3) is 4.20. The molecule has 2 N–H and O–H groups in total. The maximum absolute atomic E-state index is 12.5. The fraction of sp³-hybridized carbons (Fsp3) is 0.600. The molecule has 0 radical (unpaired) electrons. The first kappa shape index (κ1) is 15.8. The molecule has 0 saturated heterocycles. The van der Waals surface area contributed by atoms with Crippen LogP contribution in [0, 0.1) is 5.41 Å². The highest BCUT2D eigenvalue weighted by Crippen LogP contribution is 2.30. The normalized spacial score (nSPS) is 16.3. The van der Waals surface area contributed by atoms with Crippen LogP contribution < -0.4 is 5.32 Å². The zero-order chi connectivity index (χ0) is 15.6. The van der Waals surface area contributed by atoms with Gasteiger partial charge >= 0.3 is 12.0 Å². The largest absolute Gasteiger partial charge is 0.480 e. The van der Waals surface area contributed by atoms with Crippen LogP contribution in [0.1, 0.15) is 38.5 Å².